The number of benzene rings is 1. The van der Waals surface area contributed by atoms with Gasteiger partial charge >= 0.3 is 0 Å². The smallest absolute Gasteiger partial charge is 0.137 e. The number of halogens is 1. The van der Waals surface area contributed by atoms with Crippen LogP contribution < -0.4 is 5.32 Å². The first-order valence-electron chi connectivity index (χ1n) is 7.74. The number of hydrogen-bond donors (Lipinski definition) is 1. The van der Waals surface area contributed by atoms with Crippen LogP contribution in [0.1, 0.15) is 38.2 Å². The van der Waals surface area contributed by atoms with Crippen molar-refractivity contribution in [3.05, 3.63) is 29.6 Å². The van der Waals surface area contributed by atoms with Crippen molar-refractivity contribution < 1.29 is 4.39 Å². The van der Waals surface area contributed by atoms with Gasteiger partial charge in [-0.05, 0) is 74.6 Å². The zero-order valence-electron chi connectivity index (χ0n) is 12.6. The molecular formula is C17H26FNS. The lowest BCUT2D eigenvalue weighted by atomic mass is 9.83. The molecule has 0 spiro atoms. The predicted octanol–water partition coefficient (Wildman–Crippen LogP) is 4.51. The van der Waals surface area contributed by atoms with Crippen molar-refractivity contribution in [1.29, 1.82) is 0 Å². The molecule has 1 unspecified atom stereocenters. The van der Waals surface area contributed by atoms with Crippen LogP contribution >= 0.6 is 11.8 Å². The predicted molar refractivity (Wildman–Crippen MR) is 85.9 cm³/mol. The fraction of sp³-hybridized carbons (Fsp3) is 0.647. The topological polar surface area (TPSA) is 12.0 Å². The lowest BCUT2D eigenvalue weighted by Gasteiger charge is -2.28. The van der Waals surface area contributed by atoms with E-state index in [1.165, 1.54) is 50.5 Å². The van der Waals surface area contributed by atoms with E-state index in [4.69, 9.17) is 0 Å². The molecule has 0 aliphatic carbocycles. The molecule has 0 radical (unpaired) electrons. The van der Waals surface area contributed by atoms with Gasteiger partial charge in [0.25, 0.3) is 0 Å². The van der Waals surface area contributed by atoms with Gasteiger partial charge in [-0.3, -0.25) is 0 Å². The molecule has 0 bridgehead atoms. The lowest BCUT2D eigenvalue weighted by molar-refractivity contribution is 0.260. The fourth-order valence-corrected chi connectivity index (χ4v) is 3.60. The summed E-state index contributed by atoms with van der Waals surface area (Å²) in [6, 6.07) is 5.69. The number of piperidine rings is 1. The third-order valence-corrected chi connectivity index (χ3v) is 5.30. The Bertz CT molecular complexity index is 415. The Morgan fingerprint density at radius 3 is 2.75 bits per heavy atom. The van der Waals surface area contributed by atoms with Gasteiger partial charge in [-0.1, -0.05) is 19.4 Å². The lowest BCUT2D eigenvalue weighted by Crippen LogP contribution is -2.30. The van der Waals surface area contributed by atoms with Crippen molar-refractivity contribution in [2.75, 3.05) is 19.3 Å². The molecule has 20 heavy (non-hydrogen) atoms. The van der Waals surface area contributed by atoms with Crippen LogP contribution in [0.15, 0.2) is 23.1 Å². The van der Waals surface area contributed by atoms with Crippen molar-refractivity contribution in [3.63, 3.8) is 0 Å². The highest BCUT2D eigenvalue weighted by Gasteiger charge is 2.19. The highest BCUT2D eigenvalue weighted by atomic mass is 32.2. The van der Waals surface area contributed by atoms with E-state index in [9.17, 15) is 4.39 Å². The summed E-state index contributed by atoms with van der Waals surface area (Å²) in [5.41, 5.74) is 1.14. The average molecular weight is 295 g/mol. The second-order valence-electron chi connectivity index (χ2n) is 5.93. The molecule has 2 rings (SSSR count). The SMILES string of the molecule is CSc1ccc(CCCC(C)C2CCNCC2)cc1F. The number of thioether (sulfide) groups is 1. The number of aryl methyl sites for hydroxylation is 1. The summed E-state index contributed by atoms with van der Waals surface area (Å²) in [4.78, 5) is 0.747. The Balaban J connectivity index is 1.76. The van der Waals surface area contributed by atoms with E-state index in [0.717, 1.165) is 28.7 Å². The van der Waals surface area contributed by atoms with E-state index >= 15 is 0 Å². The molecular weight excluding hydrogens is 269 g/mol. The Kier molecular flexibility index (Phi) is 6.37. The van der Waals surface area contributed by atoms with Gasteiger partial charge in [0.15, 0.2) is 0 Å². The van der Waals surface area contributed by atoms with Gasteiger partial charge in [0, 0.05) is 4.90 Å². The Hall–Kier alpha value is -0.540. The van der Waals surface area contributed by atoms with Crippen molar-refractivity contribution in [3.8, 4) is 0 Å². The summed E-state index contributed by atoms with van der Waals surface area (Å²) in [5, 5.41) is 3.42. The molecule has 0 saturated carbocycles. The monoisotopic (exact) mass is 295 g/mol. The molecule has 0 aromatic heterocycles. The van der Waals surface area contributed by atoms with E-state index in [1.807, 2.05) is 12.3 Å². The van der Waals surface area contributed by atoms with Crippen LogP contribution in [0.25, 0.3) is 0 Å². The zero-order chi connectivity index (χ0) is 14.4. The van der Waals surface area contributed by atoms with Gasteiger partial charge in [0.1, 0.15) is 5.82 Å². The molecule has 1 aliphatic rings. The molecule has 1 heterocycles. The van der Waals surface area contributed by atoms with Gasteiger partial charge in [0.2, 0.25) is 0 Å². The fourth-order valence-electron chi connectivity index (χ4n) is 3.14. The third-order valence-electron chi connectivity index (χ3n) is 4.53. The molecule has 1 nitrogen and oxygen atoms in total. The Morgan fingerprint density at radius 2 is 2.10 bits per heavy atom. The minimum absolute atomic E-state index is 0.0681. The Labute approximate surface area is 126 Å². The van der Waals surface area contributed by atoms with Crippen LogP contribution in [0.2, 0.25) is 0 Å². The molecule has 1 N–H and O–H groups in total. The minimum Gasteiger partial charge on any atom is -0.317 e. The molecule has 112 valence electrons. The number of nitrogens with one attached hydrogen (secondary N) is 1. The van der Waals surface area contributed by atoms with E-state index in [-0.39, 0.29) is 5.82 Å². The van der Waals surface area contributed by atoms with E-state index in [0.29, 0.717) is 0 Å². The average Bonchev–Trinajstić information content (AvgIpc) is 2.48. The van der Waals surface area contributed by atoms with Crippen molar-refractivity contribution >= 4 is 11.8 Å². The van der Waals surface area contributed by atoms with Crippen LogP contribution in [0, 0.1) is 17.7 Å². The minimum atomic E-state index is -0.0681. The molecule has 0 amide bonds. The first kappa shape index (κ1) is 15.8. The maximum atomic E-state index is 13.7. The summed E-state index contributed by atoms with van der Waals surface area (Å²) in [7, 11) is 0. The molecule has 1 fully saturated rings. The maximum absolute atomic E-state index is 13.7. The maximum Gasteiger partial charge on any atom is 0.137 e. The molecule has 1 atom stereocenters. The van der Waals surface area contributed by atoms with Gasteiger partial charge in [-0.15, -0.1) is 11.8 Å². The second kappa shape index (κ2) is 8.04. The zero-order valence-corrected chi connectivity index (χ0v) is 13.4. The normalized spacial score (nSPS) is 18.1. The van der Waals surface area contributed by atoms with Gasteiger partial charge < -0.3 is 5.32 Å². The first-order valence-corrected chi connectivity index (χ1v) is 8.96. The van der Waals surface area contributed by atoms with E-state index in [2.05, 4.69) is 18.3 Å². The molecule has 3 heteroatoms. The second-order valence-corrected chi connectivity index (χ2v) is 6.77. The highest BCUT2D eigenvalue weighted by molar-refractivity contribution is 7.98. The van der Waals surface area contributed by atoms with Crippen molar-refractivity contribution in [2.45, 2.75) is 43.9 Å². The van der Waals surface area contributed by atoms with Crippen molar-refractivity contribution in [2.24, 2.45) is 11.8 Å². The largest absolute Gasteiger partial charge is 0.317 e. The van der Waals surface area contributed by atoms with Crippen LogP contribution in [0.4, 0.5) is 4.39 Å². The summed E-state index contributed by atoms with van der Waals surface area (Å²) in [6.07, 6.45) is 7.98. The molecule has 1 aliphatic heterocycles. The van der Waals surface area contributed by atoms with Crippen LogP contribution in [0.3, 0.4) is 0 Å². The highest BCUT2D eigenvalue weighted by Crippen LogP contribution is 2.26. The van der Waals surface area contributed by atoms with Crippen LogP contribution in [-0.2, 0) is 6.42 Å². The summed E-state index contributed by atoms with van der Waals surface area (Å²) in [6.45, 7) is 4.74. The summed E-state index contributed by atoms with van der Waals surface area (Å²) >= 11 is 1.47. The van der Waals surface area contributed by atoms with Crippen molar-refractivity contribution in [1.82, 2.24) is 5.32 Å². The van der Waals surface area contributed by atoms with Gasteiger partial charge in [-0.2, -0.15) is 0 Å². The summed E-state index contributed by atoms with van der Waals surface area (Å²) in [5.74, 6) is 1.61. The molecule has 1 aromatic carbocycles. The quantitative estimate of drug-likeness (QED) is 0.775. The summed E-state index contributed by atoms with van der Waals surface area (Å²) < 4.78 is 13.7. The molecule has 1 saturated heterocycles. The third kappa shape index (κ3) is 4.49. The van der Waals surface area contributed by atoms with E-state index in [1.54, 1.807) is 6.07 Å². The molecule has 1 aromatic rings. The van der Waals surface area contributed by atoms with Gasteiger partial charge in [-0.25, -0.2) is 4.39 Å². The van der Waals surface area contributed by atoms with Gasteiger partial charge in [0.05, 0.1) is 0 Å². The van der Waals surface area contributed by atoms with E-state index < -0.39 is 0 Å². The first-order chi connectivity index (χ1) is 9.70. The Morgan fingerprint density at radius 1 is 1.35 bits per heavy atom. The van der Waals surface area contributed by atoms with Crippen LogP contribution in [0.5, 0.6) is 0 Å². The number of rotatable bonds is 6. The number of hydrogen-bond acceptors (Lipinski definition) is 2. The standard InChI is InChI=1S/C17H26FNS/c1-13(15-8-10-19-11-9-15)4-3-5-14-6-7-17(20-2)16(18)12-14/h6-7,12-13,15,19H,3-5,8-11H2,1-2H3. The van der Waals surface area contributed by atoms with Crippen LogP contribution in [-0.4, -0.2) is 19.3 Å².